The third-order valence-corrected chi connectivity index (χ3v) is 6.82. The number of nitrogens with zero attached hydrogens (tertiary/aromatic N) is 3. The zero-order chi connectivity index (χ0) is 28.2. The molecule has 0 spiro atoms. The first-order valence-electron chi connectivity index (χ1n) is 12.3. The molecule has 2 atom stereocenters. The van der Waals surface area contributed by atoms with Gasteiger partial charge in [0.25, 0.3) is 6.43 Å². The summed E-state index contributed by atoms with van der Waals surface area (Å²) in [6, 6.07) is 6.30. The van der Waals surface area contributed by atoms with E-state index in [0.717, 1.165) is 0 Å². The molecule has 2 aromatic rings. The van der Waals surface area contributed by atoms with E-state index < -0.39 is 24.1 Å². The molecule has 3 rings (SSSR count). The van der Waals surface area contributed by atoms with Gasteiger partial charge in [0, 0.05) is 42.3 Å². The number of piperazine rings is 1. The molecule has 1 aliphatic heterocycles. The normalized spacial score (nSPS) is 17.3. The molecule has 0 aliphatic carbocycles. The van der Waals surface area contributed by atoms with Crippen LogP contribution in [0.3, 0.4) is 0 Å². The van der Waals surface area contributed by atoms with Crippen molar-refractivity contribution < 1.29 is 32.6 Å². The Labute approximate surface area is 230 Å². The summed E-state index contributed by atoms with van der Waals surface area (Å²) < 4.78 is 44.2. The lowest BCUT2D eigenvalue weighted by atomic mass is 10.0. The van der Waals surface area contributed by atoms with Crippen LogP contribution in [0.2, 0.25) is 0 Å². The van der Waals surface area contributed by atoms with Gasteiger partial charge in [-0.05, 0) is 63.9 Å². The summed E-state index contributed by atoms with van der Waals surface area (Å²) in [6.45, 7) is 11.1. The second kappa shape index (κ2) is 12.4. The lowest BCUT2D eigenvalue weighted by molar-refractivity contribution is -0.00300. The SMILES string of the molecule is COC(=O)c1ncc(O[C@H](CN2CCN(C(=O)OC(C)(C)C)[C@H](C)C2)c2ccc(Br)c(C(F)F)c2)cc1C. The summed E-state index contributed by atoms with van der Waals surface area (Å²) in [5.41, 5.74) is 0.589. The van der Waals surface area contributed by atoms with E-state index in [0.29, 0.717) is 47.5 Å². The fourth-order valence-electron chi connectivity index (χ4n) is 4.25. The van der Waals surface area contributed by atoms with Crippen molar-refractivity contribution in [1.29, 1.82) is 0 Å². The monoisotopic (exact) mass is 597 g/mol. The van der Waals surface area contributed by atoms with Gasteiger partial charge in [0.15, 0.2) is 5.69 Å². The van der Waals surface area contributed by atoms with E-state index in [1.54, 1.807) is 30.0 Å². The lowest BCUT2D eigenvalue weighted by Gasteiger charge is -2.41. The number of esters is 1. The highest BCUT2D eigenvalue weighted by Crippen LogP contribution is 2.32. The zero-order valence-electron chi connectivity index (χ0n) is 22.5. The van der Waals surface area contributed by atoms with Crippen LogP contribution < -0.4 is 4.74 Å². The number of alkyl halides is 2. The van der Waals surface area contributed by atoms with E-state index in [1.807, 2.05) is 27.7 Å². The Kier molecular flexibility index (Phi) is 9.69. The Morgan fingerprint density at radius 3 is 2.50 bits per heavy atom. The van der Waals surface area contributed by atoms with Crippen molar-refractivity contribution in [3.8, 4) is 5.75 Å². The molecule has 1 amide bonds. The molecule has 208 valence electrons. The standard InChI is InChI=1S/C27H34BrF2N3O5/c1-16-11-19(13-31-23(16)25(34)36-6)37-22(18-7-8-21(28)20(12-18)24(29)30)15-32-9-10-33(17(2)14-32)26(35)38-27(3,4)5/h7-8,11-13,17,22,24H,9-10,14-15H2,1-6H3/t17-,22-/m1/s1. The molecule has 1 saturated heterocycles. The average Bonchev–Trinajstić information content (AvgIpc) is 2.82. The van der Waals surface area contributed by atoms with Crippen LogP contribution in [0.4, 0.5) is 13.6 Å². The molecule has 1 aromatic heterocycles. The third kappa shape index (κ3) is 7.63. The van der Waals surface area contributed by atoms with E-state index in [9.17, 15) is 18.4 Å². The highest BCUT2D eigenvalue weighted by Gasteiger charge is 2.32. The van der Waals surface area contributed by atoms with Gasteiger partial charge in [-0.1, -0.05) is 22.0 Å². The maximum Gasteiger partial charge on any atom is 0.410 e. The molecule has 11 heteroatoms. The first-order chi connectivity index (χ1) is 17.8. The highest BCUT2D eigenvalue weighted by atomic mass is 79.9. The van der Waals surface area contributed by atoms with Gasteiger partial charge < -0.3 is 19.1 Å². The van der Waals surface area contributed by atoms with E-state index in [1.165, 1.54) is 19.4 Å². The van der Waals surface area contributed by atoms with E-state index in [2.05, 4.69) is 25.8 Å². The number of methoxy groups -OCH3 is 1. The van der Waals surface area contributed by atoms with Gasteiger partial charge in [-0.3, -0.25) is 4.90 Å². The number of rotatable bonds is 7. The Morgan fingerprint density at radius 2 is 1.92 bits per heavy atom. The average molecular weight is 598 g/mol. The quantitative estimate of drug-likeness (QED) is 0.365. The van der Waals surface area contributed by atoms with Crippen LogP contribution in [0.25, 0.3) is 0 Å². The number of pyridine rings is 1. The zero-order valence-corrected chi connectivity index (χ0v) is 24.1. The molecule has 0 unspecified atom stereocenters. The number of ether oxygens (including phenoxy) is 3. The van der Waals surface area contributed by atoms with Crippen molar-refractivity contribution in [2.45, 2.75) is 58.8 Å². The maximum atomic E-state index is 13.7. The van der Waals surface area contributed by atoms with Crippen molar-refractivity contribution in [1.82, 2.24) is 14.8 Å². The number of aromatic nitrogens is 1. The minimum absolute atomic E-state index is 0.121. The van der Waals surface area contributed by atoms with Gasteiger partial charge in [-0.15, -0.1) is 0 Å². The minimum atomic E-state index is -2.66. The Balaban J connectivity index is 1.84. The smallest absolute Gasteiger partial charge is 0.410 e. The molecule has 1 aromatic carbocycles. The van der Waals surface area contributed by atoms with Crippen molar-refractivity contribution in [2.75, 3.05) is 33.3 Å². The molecular formula is C27H34BrF2N3O5. The number of benzene rings is 1. The molecule has 0 saturated carbocycles. The summed E-state index contributed by atoms with van der Waals surface area (Å²) in [7, 11) is 1.28. The molecule has 2 heterocycles. The van der Waals surface area contributed by atoms with Crippen LogP contribution in [0.5, 0.6) is 5.75 Å². The number of hydrogen-bond donors (Lipinski definition) is 0. The molecule has 0 bridgehead atoms. The van der Waals surface area contributed by atoms with Crippen molar-refractivity contribution >= 4 is 28.0 Å². The van der Waals surface area contributed by atoms with Crippen LogP contribution >= 0.6 is 15.9 Å². The molecule has 1 aliphatic rings. The second-order valence-corrected chi connectivity index (χ2v) is 11.2. The predicted octanol–water partition coefficient (Wildman–Crippen LogP) is 5.94. The molecule has 38 heavy (non-hydrogen) atoms. The Morgan fingerprint density at radius 1 is 1.21 bits per heavy atom. The number of hydrogen-bond acceptors (Lipinski definition) is 7. The topological polar surface area (TPSA) is 81.2 Å². The van der Waals surface area contributed by atoms with Gasteiger partial charge in [-0.2, -0.15) is 0 Å². The number of amides is 1. The number of carbonyl (C=O) groups is 2. The summed E-state index contributed by atoms with van der Waals surface area (Å²) >= 11 is 3.20. The summed E-state index contributed by atoms with van der Waals surface area (Å²) in [6.07, 6.45) is -2.22. The number of halogens is 3. The summed E-state index contributed by atoms with van der Waals surface area (Å²) in [5, 5.41) is 0. The lowest BCUT2D eigenvalue weighted by Crippen LogP contribution is -2.55. The van der Waals surface area contributed by atoms with E-state index in [4.69, 9.17) is 14.2 Å². The first kappa shape index (κ1) is 29.8. The van der Waals surface area contributed by atoms with Gasteiger partial charge in [0.2, 0.25) is 0 Å². The largest absolute Gasteiger partial charge is 0.483 e. The summed E-state index contributed by atoms with van der Waals surface area (Å²) in [5.74, 6) is -0.168. The van der Waals surface area contributed by atoms with Crippen molar-refractivity contribution in [3.05, 3.63) is 57.3 Å². The van der Waals surface area contributed by atoms with Crippen molar-refractivity contribution in [3.63, 3.8) is 0 Å². The third-order valence-electron chi connectivity index (χ3n) is 6.10. The molecular weight excluding hydrogens is 564 g/mol. The highest BCUT2D eigenvalue weighted by molar-refractivity contribution is 9.10. The van der Waals surface area contributed by atoms with Crippen LogP contribution in [-0.2, 0) is 9.47 Å². The van der Waals surface area contributed by atoms with Crippen LogP contribution in [0.15, 0.2) is 34.9 Å². The molecule has 1 fully saturated rings. The van der Waals surface area contributed by atoms with Crippen molar-refractivity contribution in [2.24, 2.45) is 0 Å². The summed E-state index contributed by atoms with van der Waals surface area (Å²) in [4.78, 5) is 32.5. The fourth-order valence-corrected chi connectivity index (χ4v) is 4.67. The first-order valence-corrected chi connectivity index (χ1v) is 13.1. The van der Waals surface area contributed by atoms with Gasteiger partial charge >= 0.3 is 12.1 Å². The van der Waals surface area contributed by atoms with Crippen LogP contribution in [-0.4, -0.2) is 71.8 Å². The molecule has 8 nitrogen and oxygen atoms in total. The van der Waals surface area contributed by atoms with Gasteiger partial charge in [0.05, 0.1) is 13.3 Å². The van der Waals surface area contributed by atoms with E-state index in [-0.39, 0.29) is 23.4 Å². The fraction of sp³-hybridized carbons (Fsp3) is 0.519. The van der Waals surface area contributed by atoms with E-state index >= 15 is 0 Å². The maximum absolute atomic E-state index is 13.7. The second-order valence-electron chi connectivity index (χ2n) is 10.3. The number of carbonyl (C=O) groups excluding carboxylic acids is 2. The van der Waals surface area contributed by atoms with Gasteiger partial charge in [0.1, 0.15) is 17.5 Å². The van der Waals surface area contributed by atoms with Crippen LogP contribution in [0, 0.1) is 6.92 Å². The van der Waals surface area contributed by atoms with Gasteiger partial charge in [-0.25, -0.2) is 23.4 Å². The minimum Gasteiger partial charge on any atom is -0.483 e. The Hall–Kier alpha value is -2.79. The molecule has 0 radical (unpaired) electrons. The Bertz CT molecular complexity index is 1160. The van der Waals surface area contributed by atoms with Crippen LogP contribution in [0.1, 0.15) is 67.4 Å². The molecule has 0 N–H and O–H groups in total. The number of aryl methyl sites for hydroxylation is 1. The predicted molar refractivity (Wildman–Crippen MR) is 142 cm³/mol.